The van der Waals surface area contributed by atoms with Crippen LogP contribution >= 0.6 is 11.3 Å². The Kier molecular flexibility index (Phi) is 5.62. The molecule has 0 amide bonds. The summed E-state index contributed by atoms with van der Waals surface area (Å²) in [5.41, 5.74) is 1.31. The molecule has 0 saturated heterocycles. The van der Waals surface area contributed by atoms with Crippen LogP contribution in [0.2, 0.25) is 0 Å². The maximum absolute atomic E-state index is 13.9. The number of methoxy groups -OCH3 is 1. The lowest BCUT2D eigenvalue weighted by molar-refractivity contribution is -0.384. The van der Waals surface area contributed by atoms with Crippen molar-refractivity contribution in [3.05, 3.63) is 75.0 Å². The summed E-state index contributed by atoms with van der Waals surface area (Å²) in [5, 5.41) is 25.1. The van der Waals surface area contributed by atoms with E-state index in [1.807, 2.05) is 30.3 Å². The molecule has 0 fully saturated rings. The van der Waals surface area contributed by atoms with E-state index in [0.29, 0.717) is 16.5 Å². The molecule has 0 aliphatic carbocycles. The predicted molar refractivity (Wildman–Crippen MR) is 104 cm³/mol. The molecule has 3 rings (SSSR count). The van der Waals surface area contributed by atoms with Gasteiger partial charge in [0.1, 0.15) is 28.2 Å². The maximum Gasteiger partial charge on any atom is 0.271 e. The Hall–Kier alpha value is -3.77. The zero-order valence-electron chi connectivity index (χ0n) is 14.5. The number of benzene rings is 2. The van der Waals surface area contributed by atoms with Crippen molar-refractivity contribution in [3.63, 3.8) is 0 Å². The molecule has 3 aromatic rings. The van der Waals surface area contributed by atoms with Crippen molar-refractivity contribution in [1.82, 2.24) is 4.98 Å². The van der Waals surface area contributed by atoms with Crippen LogP contribution in [0.5, 0.6) is 5.75 Å². The van der Waals surface area contributed by atoms with E-state index in [0.717, 1.165) is 23.8 Å². The standard InChI is InChI=1S/C19H13FN4O3S/c1-27-15-4-2-3-12(7-15)18-11-28-19(23-18)13(9-21)10-22-17-8-14(24(25)26)5-6-16(17)20/h2-8,10-11,22H,1H3/b13-10+. The molecule has 1 aromatic heterocycles. The van der Waals surface area contributed by atoms with E-state index >= 15 is 0 Å². The van der Waals surface area contributed by atoms with Crippen LogP contribution in [0.3, 0.4) is 0 Å². The Labute approximate surface area is 163 Å². The number of thiazole rings is 1. The van der Waals surface area contributed by atoms with Gasteiger partial charge in [-0.25, -0.2) is 9.37 Å². The van der Waals surface area contributed by atoms with Crippen molar-refractivity contribution in [2.75, 3.05) is 12.4 Å². The first-order valence-electron chi connectivity index (χ1n) is 7.93. The summed E-state index contributed by atoms with van der Waals surface area (Å²) in [6.07, 6.45) is 1.27. The second-order valence-electron chi connectivity index (χ2n) is 5.51. The van der Waals surface area contributed by atoms with Crippen LogP contribution in [0.15, 0.2) is 54.0 Å². The number of ether oxygens (including phenoxy) is 1. The summed E-state index contributed by atoms with van der Waals surface area (Å²) < 4.78 is 19.1. The third kappa shape index (κ3) is 4.13. The second kappa shape index (κ2) is 8.28. The van der Waals surface area contributed by atoms with E-state index in [4.69, 9.17) is 4.74 Å². The molecule has 0 atom stereocenters. The van der Waals surface area contributed by atoms with Crippen LogP contribution in [0.4, 0.5) is 15.8 Å². The summed E-state index contributed by atoms with van der Waals surface area (Å²) >= 11 is 1.25. The van der Waals surface area contributed by atoms with Crippen LogP contribution in [0.25, 0.3) is 16.8 Å². The predicted octanol–water partition coefficient (Wildman–Crippen LogP) is 4.84. The lowest BCUT2D eigenvalue weighted by Gasteiger charge is -2.03. The number of non-ortho nitro benzene ring substituents is 1. The van der Waals surface area contributed by atoms with Gasteiger partial charge in [0.15, 0.2) is 0 Å². The monoisotopic (exact) mass is 396 g/mol. The molecule has 2 aromatic carbocycles. The molecular weight excluding hydrogens is 383 g/mol. The molecule has 0 radical (unpaired) electrons. The maximum atomic E-state index is 13.9. The number of allylic oxidation sites excluding steroid dienone is 1. The Bertz CT molecular complexity index is 1100. The number of nitrogens with zero attached hydrogens (tertiary/aromatic N) is 3. The first-order chi connectivity index (χ1) is 13.5. The van der Waals surface area contributed by atoms with Gasteiger partial charge in [-0.1, -0.05) is 12.1 Å². The van der Waals surface area contributed by atoms with Crippen LogP contribution in [-0.2, 0) is 0 Å². The average molecular weight is 396 g/mol. The number of rotatable bonds is 6. The van der Waals surface area contributed by atoms with Gasteiger partial charge in [0.05, 0.1) is 23.4 Å². The van der Waals surface area contributed by atoms with Crippen molar-refractivity contribution < 1.29 is 14.1 Å². The number of nitriles is 1. The number of aromatic nitrogens is 1. The van der Waals surface area contributed by atoms with Gasteiger partial charge in [-0.15, -0.1) is 11.3 Å². The third-order valence-corrected chi connectivity index (χ3v) is 4.63. The van der Waals surface area contributed by atoms with Gasteiger partial charge in [-0.05, 0) is 18.2 Å². The van der Waals surface area contributed by atoms with Crippen LogP contribution < -0.4 is 10.1 Å². The van der Waals surface area contributed by atoms with Crippen LogP contribution in [0.1, 0.15) is 5.01 Å². The van der Waals surface area contributed by atoms with Gasteiger partial charge in [-0.3, -0.25) is 10.1 Å². The van der Waals surface area contributed by atoms with Crippen molar-refractivity contribution in [2.24, 2.45) is 0 Å². The number of nitro groups is 1. The molecule has 9 heteroatoms. The molecule has 1 heterocycles. The minimum Gasteiger partial charge on any atom is -0.497 e. The van der Waals surface area contributed by atoms with E-state index < -0.39 is 10.7 Å². The molecular formula is C19H13FN4O3S. The van der Waals surface area contributed by atoms with Crippen molar-refractivity contribution >= 4 is 28.3 Å². The minimum absolute atomic E-state index is 0.105. The lowest BCUT2D eigenvalue weighted by atomic mass is 10.1. The first-order valence-corrected chi connectivity index (χ1v) is 8.81. The number of nitrogens with one attached hydrogen (secondary N) is 1. The van der Waals surface area contributed by atoms with Gasteiger partial charge in [0.25, 0.3) is 5.69 Å². The number of anilines is 1. The highest BCUT2D eigenvalue weighted by Gasteiger charge is 2.12. The smallest absolute Gasteiger partial charge is 0.271 e. The van der Waals surface area contributed by atoms with E-state index in [1.54, 1.807) is 12.5 Å². The zero-order chi connectivity index (χ0) is 20.1. The lowest BCUT2D eigenvalue weighted by Crippen LogP contribution is -1.96. The molecule has 28 heavy (non-hydrogen) atoms. The topological polar surface area (TPSA) is 101 Å². The summed E-state index contributed by atoms with van der Waals surface area (Å²) in [7, 11) is 1.57. The molecule has 0 spiro atoms. The second-order valence-corrected chi connectivity index (χ2v) is 6.36. The summed E-state index contributed by atoms with van der Waals surface area (Å²) in [6.45, 7) is 0. The van der Waals surface area contributed by atoms with Crippen LogP contribution in [0, 0.1) is 27.3 Å². The summed E-state index contributed by atoms with van der Waals surface area (Å²) in [6, 6.07) is 12.5. The average Bonchev–Trinajstić information content (AvgIpc) is 3.19. The highest BCUT2D eigenvalue weighted by molar-refractivity contribution is 7.11. The van der Waals surface area contributed by atoms with Crippen LogP contribution in [-0.4, -0.2) is 17.0 Å². The van der Waals surface area contributed by atoms with Gasteiger partial charge in [0, 0.05) is 29.3 Å². The van der Waals surface area contributed by atoms with E-state index in [-0.39, 0.29) is 16.9 Å². The molecule has 0 saturated carbocycles. The van der Waals surface area contributed by atoms with Gasteiger partial charge >= 0.3 is 0 Å². The fourth-order valence-electron chi connectivity index (χ4n) is 2.34. The van der Waals surface area contributed by atoms with Crippen molar-refractivity contribution in [2.45, 2.75) is 0 Å². The Morgan fingerprint density at radius 1 is 1.39 bits per heavy atom. The molecule has 0 aliphatic heterocycles. The van der Waals surface area contributed by atoms with E-state index in [1.165, 1.54) is 17.5 Å². The number of hydrogen-bond donors (Lipinski definition) is 1. The Morgan fingerprint density at radius 3 is 2.93 bits per heavy atom. The number of nitro benzene ring substituents is 1. The van der Waals surface area contributed by atoms with Gasteiger partial charge in [-0.2, -0.15) is 5.26 Å². The van der Waals surface area contributed by atoms with Crippen molar-refractivity contribution in [1.29, 1.82) is 5.26 Å². The highest BCUT2D eigenvalue weighted by atomic mass is 32.1. The Morgan fingerprint density at radius 2 is 2.21 bits per heavy atom. The molecule has 1 N–H and O–H groups in total. The van der Waals surface area contributed by atoms with Gasteiger partial charge < -0.3 is 10.1 Å². The highest BCUT2D eigenvalue weighted by Crippen LogP contribution is 2.28. The SMILES string of the molecule is COc1cccc(-c2csc(/C(C#N)=C/Nc3cc([N+](=O)[O-])ccc3F)n2)c1. The number of halogens is 1. The molecule has 0 aliphatic rings. The zero-order valence-corrected chi connectivity index (χ0v) is 15.4. The minimum atomic E-state index is -0.671. The largest absolute Gasteiger partial charge is 0.497 e. The fraction of sp³-hybridized carbons (Fsp3) is 0.0526. The summed E-state index contributed by atoms with van der Waals surface area (Å²) in [4.78, 5) is 14.6. The first kappa shape index (κ1) is 19.0. The third-order valence-electron chi connectivity index (χ3n) is 3.75. The molecule has 7 nitrogen and oxygen atoms in total. The molecule has 0 bridgehead atoms. The summed E-state index contributed by atoms with van der Waals surface area (Å²) in [5.74, 6) is 0.0151. The van der Waals surface area contributed by atoms with E-state index in [2.05, 4.69) is 10.3 Å². The number of hydrogen-bond acceptors (Lipinski definition) is 7. The normalized spacial score (nSPS) is 11.0. The fourth-order valence-corrected chi connectivity index (χ4v) is 3.14. The van der Waals surface area contributed by atoms with E-state index in [9.17, 15) is 19.8 Å². The van der Waals surface area contributed by atoms with Gasteiger partial charge in [0.2, 0.25) is 0 Å². The Balaban J connectivity index is 1.86. The van der Waals surface area contributed by atoms with Crippen molar-refractivity contribution in [3.8, 4) is 23.1 Å². The quantitative estimate of drug-likeness (QED) is 0.363. The molecule has 0 unspecified atom stereocenters. The molecule has 140 valence electrons.